The summed E-state index contributed by atoms with van der Waals surface area (Å²) in [6.45, 7) is 0.940. The topological polar surface area (TPSA) is 99.3 Å². The molecule has 2 heterocycles. The highest BCUT2D eigenvalue weighted by atomic mass is 32.2. The van der Waals surface area contributed by atoms with Crippen LogP contribution in [0.2, 0.25) is 0 Å². The molecule has 0 aliphatic carbocycles. The predicted molar refractivity (Wildman–Crippen MR) is 119 cm³/mol. The van der Waals surface area contributed by atoms with Gasteiger partial charge in [-0.2, -0.15) is 9.57 Å². The number of amides is 1. The molecule has 3 aromatic rings. The van der Waals surface area contributed by atoms with Crippen LogP contribution in [0.25, 0.3) is 11.8 Å². The number of aromatic nitrogens is 2. The third-order valence-corrected chi connectivity index (χ3v) is 7.25. The Bertz CT molecular complexity index is 1270. The van der Waals surface area contributed by atoms with E-state index in [4.69, 9.17) is 0 Å². The molecule has 2 aromatic carbocycles. The Hall–Kier alpha value is -3.74. The third kappa shape index (κ3) is 4.46. The number of piperazine rings is 1. The molecular formula is C23H21N5O3S. The molecule has 9 heteroatoms. The molecule has 1 fully saturated rings. The molecule has 0 saturated carbocycles. The van der Waals surface area contributed by atoms with Crippen LogP contribution in [-0.2, 0) is 14.8 Å². The molecule has 1 aromatic heterocycles. The van der Waals surface area contributed by atoms with Crippen LogP contribution in [0.1, 0.15) is 11.1 Å². The van der Waals surface area contributed by atoms with Crippen molar-refractivity contribution in [2.45, 2.75) is 4.90 Å². The number of benzene rings is 2. The van der Waals surface area contributed by atoms with Crippen molar-refractivity contribution in [2.75, 3.05) is 26.2 Å². The Morgan fingerprint density at radius 3 is 2.41 bits per heavy atom. The molecule has 4 rings (SSSR count). The number of nitriles is 1. The van der Waals surface area contributed by atoms with Crippen molar-refractivity contribution >= 4 is 22.0 Å². The van der Waals surface area contributed by atoms with Gasteiger partial charge in [0, 0.05) is 50.3 Å². The van der Waals surface area contributed by atoms with Crippen LogP contribution in [0.5, 0.6) is 0 Å². The molecule has 0 atom stereocenters. The normalized spacial score (nSPS) is 15.0. The fourth-order valence-electron chi connectivity index (χ4n) is 3.51. The summed E-state index contributed by atoms with van der Waals surface area (Å²) in [5.74, 6) is -0.168. The number of hydrogen-bond donors (Lipinski definition) is 0. The van der Waals surface area contributed by atoms with E-state index in [1.54, 1.807) is 35.6 Å². The van der Waals surface area contributed by atoms with Crippen LogP contribution in [-0.4, -0.2) is 59.3 Å². The second-order valence-electron chi connectivity index (χ2n) is 7.23. The summed E-state index contributed by atoms with van der Waals surface area (Å²) in [7, 11) is -3.78. The number of imidazole rings is 1. The van der Waals surface area contributed by atoms with Gasteiger partial charge in [-0.3, -0.25) is 4.79 Å². The summed E-state index contributed by atoms with van der Waals surface area (Å²) in [4.78, 5) is 18.2. The largest absolute Gasteiger partial charge is 0.337 e. The average Bonchev–Trinajstić information content (AvgIpc) is 3.38. The lowest BCUT2D eigenvalue weighted by molar-refractivity contribution is -0.127. The number of sulfonamides is 1. The van der Waals surface area contributed by atoms with Crippen molar-refractivity contribution in [1.82, 2.24) is 18.8 Å². The number of carbonyl (C=O) groups is 1. The van der Waals surface area contributed by atoms with Crippen molar-refractivity contribution in [3.8, 4) is 11.8 Å². The minimum absolute atomic E-state index is 0.00121. The molecule has 1 amide bonds. The maximum absolute atomic E-state index is 12.9. The molecular weight excluding hydrogens is 426 g/mol. The molecule has 162 valence electrons. The van der Waals surface area contributed by atoms with Crippen LogP contribution >= 0.6 is 0 Å². The number of hydrogen-bond acceptors (Lipinski definition) is 5. The van der Waals surface area contributed by atoms with Crippen molar-refractivity contribution in [3.05, 3.63) is 84.5 Å². The highest BCUT2D eigenvalue weighted by molar-refractivity contribution is 7.89. The minimum atomic E-state index is -3.78. The molecule has 32 heavy (non-hydrogen) atoms. The summed E-state index contributed by atoms with van der Waals surface area (Å²) < 4.78 is 29.1. The molecule has 0 bridgehead atoms. The van der Waals surface area contributed by atoms with Gasteiger partial charge in [0.05, 0.1) is 16.8 Å². The van der Waals surface area contributed by atoms with Crippen molar-refractivity contribution in [2.24, 2.45) is 0 Å². The van der Waals surface area contributed by atoms with Gasteiger partial charge in [-0.25, -0.2) is 13.4 Å². The highest BCUT2D eigenvalue weighted by Crippen LogP contribution is 2.21. The van der Waals surface area contributed by atoms with E-state index in [-0.39, 0.29) is 42.5 Å². The van der Waals surface area contributed by atoms with E-state index in [2.05, 4.69) is 4.98 Å². The van der Waals surface area contributed by atoms with Crippen LogP contribution in [0, 0.1) is 11.3 Å². The lowest BCUT2D eigenvalue weighted by Crippen LogP contribution is -2.50. The van der Waals surface area contributed by atoms with E-state index in [9.17, 15) is 18.5 Å². The van der Waals surface area contributed by atoms with E-state index < -0.39 is 10.0 Å². The van der Waals surface area contributed by atoms with E-state index in [0.29, 0.717) is 0 Å². The standard InChI is InChI=1S/C23H21N5O3S/c24-17-20-3-1-2-4-22(20)32(30,31)28-15-13-26(14-16-28)23(29)10-7-19-5-8-21(9-6-19)27-12-11-25-18-27/h1-12,18H,13-16H2. The quantitative estimate of drug-likeness (QED) is 0.559. The maximum Gasteiger partial charge on any atom is 0.246 e. The van der Waals surface area contributed by atoms with E-state index in [1.165, 1.54) is 22.5 Å². The van der Waals surface area contributed by atoms with Gasteiger partial charge in [-0.05, 0) is 35.9 Å². The van der Waals surface area contributed by atoms with Gasteiger partial charge in [-0.1, -0.05) is 24.3 Å². The number of carbonyl (C=O) groups excluding carboxylic acids is 1. The van der Waals surface area contributed by atoms with E-state index >= 15 is 0 Å². The number of nitrogens with zero attached hydrogens (tertiary/aromatic N) is 5. The summed E-state index contributed by atoms with van der Waals surface area (Å²) >= 11 is 0. The summed E-state index contributed by atoms with van der Waals surface area (Å²) in [5.41, 5.74) is 1.98. The Labute approximate surface area is 186 Å². The molecule has 0 spiro atoms. The first-order valence-electron chi connectivity index (χ1n) is 10.0. The zero-order chi connectivity index (χ0) is 22.6. The predicted octanol–water partition coefficient (Wildman–Crippen LogP) is 2.29. The van der Waals surface area contributed by atoms with Gasteiger partial charge in [0.15, 0.2) is 0 Å². The molecule has 1 aliphatic rings. The van der Waals surface area contributed by atoms with Gasteiger partial charge in [-0.15, -0.1) is 0 Å². The minimum Gasteiger partial charge on any atom is -0.337 e. The fraction of sp³-hybridized carbons (Fsp3) is 0.174. The monoisotopic (exact) mass is 447 g/mol. The first-order chi connectivity index (χ1) is 15.5. The Morgan fingerprint density at radius 2 is 1.75 bits per heavy atom. The molecule has 8 nitrogen and oxygen atoms in total. The molecule has 0 unspecified atom stereocenters. The fourth-order valence-corrected chi connectivity index (χ4v) is 5.08. The van der Waals surface area contributed by atoms with Gasteiger partial charge < -0.3 is 9.47 Å². The smallest absolute Gasteiger partial charge is 0.246 e. The second kappa shape index (κ2) is 9.18. The maximum atomic E-state index is 12.9. The SMILES string of the molecule is N#Cc1ccccc1S(=O)(=O)N1CCN(C(=O)C=Cc2ccc(-n3ccnc3)cc2)CC1. The third-order valence-electron chi connectivity index (χ3n) is 5.29. The first-order valence-corrected chi connectivity index (χ1v) is 11.5. The van der Waals surface area contributed by atoms with E-state index in [0.717, 1.165) is 11.3 Å². The lowest BCUT2D eigenvalue weighted by Gasteiger charge is -2.33. The second-order valence-corrected chi connectivity index (χ2v) is 9.14. The Balaban J connectivity index is 1.37. The van der Waals surface area contributed by atoms with Crippen molar-refractivity contribution in [1.29, 1.82) is 5.26 Å². The Kier molecular flexibility index (Phi) is 6.16. The van der Waals surface area contributed by atoms with Crippen molar-refractivity contribution < 1.29 is 13.2 Å². The van der Waals surface area contributed by atoms with Crippen LogP contribution < -0.4 is 0 Å². The van der Waals surface area contributed by atoms with Gasteiger partial charge in [0.25, 0.3) is 0 Å². The lowest BCUT2D eigenvalue weighted by atomic mass is 10.2. The Morgan fingerprint density at radius 1 is 1.03 bits per heavy atom. The molecule has 1 aliphatic heterocycles. The molecule has 1 saturated heterocycles. The zero-order valence-electron chi connectivity index (χ0n) is 17.2. The van der Waals surface area contributed by atoms with Crippen LogP contribution in [0.15, 0.2) is 78.2 Å². The molecule has 0 radical (unpaired) electrons. The highest BCUT2D eigenvalue weighted by Gasteiger charge is 2.31. The van der Waals surface area contributed by atoms with Crippen LogP contribution in [0.3, 0.4) is 0 Å². The summed E-state index contributed by atoms with van der Waals surface area (Å²) in [6.07, 6.45) is 8.52. The number of rotatable bonds is 5. The van der Waals surface area contributed by atoms with Gasteiger partial charge >= 0.3 is 0 Å². The molecule has 0 N–H and O–H groups in total. The van der Waals surface area contributed by atoms with Gasteiger partial charge in [0.1, 0.15) is 6.07 Å². The van der Waals surface area contributed by atoms with Gasteiger partial charge in [0.2, 0.25) is 15.9 Å². The van der Waals surface area contributed by atoms with Crippen LogP contribution in [0.4, 0.5) is 0 Å². The summed E-state index contributed by atoms with van der Waals surface area (Å²) in [6, 6.07) is 15.8. The first kappa shape index (κ1) is 21.5. The summed E-state index contributed by atoms with van der Waals surface area (Å²) in [5, 5.41) is 9.21. The van der Waals surface area contributed by atoms with Crippen molar-refractivity contribution in [3.63, 3.8) is 0 Å². The average molecular weight is 448 g/mol. The van der Waals surface area contributed by atoms with E-state index in [1.807, 2.05) is 41.1 Å². The zero-order valence-corrected chi connectivity index (χ0v) is 18.0.